The number of nitrogens with one attached hydrogen (secondary N) is 1. The third-order valence-corrected chi connectivity index (χ3v) is 5.73. The van der Waals surface area contributed by atoms with Crippen LogP contribution in [0.3, 0.4) is 0 Å². The summed E-state index contributed by atoms with van der Waals surface area (Å²) in [5.41, 5.74) is 1.54. The van der Waals surface area contributed by atoms with E-state index in [-0.39, 0.29) is 34.2 Å². The number of nitrogens with zero attached hydrogens (tertiary/aromatic N) is 1. The number of ether oxygens (including phenoxy) is 3. The minimum absolute atomic E-state index is 0.0487. The van der Waals surface area contributed by atoms with E-state index in [9.17, 15) is 19.2 Å². The molecular formula is C22H22N2O8S. The predicted molar refractivity (Wildman–Crippen MR) is 118 cm³/mol. The van der Waals surface area contributed by atoms with E-state index in [4.69, 9.17) is 18.6 Å². The summed E-state index contributed by atoms with van der Waals surface area (Å²) in [6.07, 6.45) is 0.0521. The van der Waals surface area contributed by atoms with Crippen molar-refractivity contribution in [3.63, 3.8) is 0 Å². The lowest BCUT2D eigenvalue weighted by atomic mass is 10.1. The normalized spacial score (nSPS) is 11.6. The van der Waals surface area contributed by atoms with Gasteiger partial charge >= 0.3 is 17.9 Å². The molecule has 2 heterocycles. The molecule has 0 saturated heterocycles. The number of thiophene rings is 1. The molecule has 1 unspecified atom stereocenters. The topological polar surface area (TPSA) is 134 Å². The summed E-state index contributed by atoms with van der Waals surface area (Å²) in [6.45, 7) is 6.51. The van der Waals surface area contributed by atoms with Gasteiger partial charge in [0.25, 0.3) is 5.91 Å². The van der Waals surface area contributed by atoms with E-state index in [1.807, 2.05) is 0 Å². The summed E-state index contributed by atoms with van der Waals surface area (Å²) >= 11 is 0.885. The second kappa shape index (κ2) is 10.3. The van der Waals surface area contributed by atoms with Gasteiger partial charge in [0.2, 0.25) is 0 Å². The molecule has 0 radical (unpaired) electrons. The Balaban J connectivity index is 1.78. The number of benzene rings is 1. The average molecular weight is 474 g/mol. The van der Waals surface area contributed by atoms with Crippen molar-refractivity contribution in [3.8, 4) is 0 Å². The molecule has 1 aromatic carbocycles. The first-order valence-corrected chi connectivity index (χ1v) is 10.9. The smallest absolute Gasteiger partial charge is 0.348 e. The Bertz CT molecular complexity index is 1210. The fourth-order valence-electron chi connectivity index (χ4n) is 2.92. The number of hydrogen-bond donors (Lipinski definition) is 1. The summed E-state index contributed by atoms with van der Waals surface area (Å²) in [4.78, 5) is 54.0. The van der Waals surface area contributed by atoms with Gasteiger partial charge in [-0.25, -0.2) is 19.4 Å². The monoisotopic (exact) mass is 474 g/mol. The SMILES string of the molecule is CCOC(=O)c1sc(NC(=O)C(C)OC(=O)c2ccc3ncoc3c2)c(C(=O)OCC)c1C. The second-order valence-electron chi connectivity index (χ2n) is 6.77. The summed E-state index contributed by atoms with van der Waals surface area (Å²) < 4.78 is 20.5. The Morgan fingerprint density at radius 1 is 1.09 bits per heavy atom. The number of anilines is 1. The van der Waals surface area contributed by atoms with Gasteiger partial charge in [0.15, 0.2) is 18.1 Å². The summed E-state index contributed by atoms with van der Waals surface area (Å²) in [7, 11) is 0. The maximum Gasteiger partial charge on any atom is 0.348 e. The van der Waals surface area contributed by atoms with E-state index in [1.54, 1.807) is 26.8 Å². The number of carbonyl (C=O) groups is 4. The van der Waals surface area contributed by atoms with Crippen molar-refractivity contribution >= 4 is 51.3 Å². The molecule has 0 fully saturated rings. The van der Waals surface area contributed by atoms with Gasteiger partial charge in [0, 0.05) is 0 Å². The van der Waals surface area contributed by atoms with Crippen LogP contribution in [-0.4, -0.2) is 48.1 Å². The van der Waals surface area contributed by atoms with Gasteiger partial charge in [0.1, 0.15) is 15.4 Å². The molecule has 0 saturated carbocycles. The van der Waals surface area contributed by atoms with E-state index in [0.717, 1.165) is 11.3 Å². The number of esters is 3. The third kappa shape index (κ3) is 5.20. The summed E-state index contributed by atoms with van der Waals surface area (Å²) in [5.74, 6) is -2.74. The Labute approximate surface area is 192 Å². The molecule has 174 valence electrons. The molecule has 1 amide bonds. The molecule has 1 N–H and O–H groups in total. The van der Waals surface area contributed by atoms with Crippen molar-refractivity contribution in [2.45, 2.75) is 33.8 Å². The first-order valence-electron chi connectivity index (χ1n) is 10.1. The maximum atomic E-state index is 12.7. The number of fused-ring (bicyclic) bond motifs is 1. The van der Waals surface area contributed by atoms with E-state index in [2.05, 4.69) is 10.3 Å². The van der Waals surface area contributed by atoms with Gasteiger partial charge in [-0.1, -0.05) is 0 Å². The zero-order valence-electron chi connectivity index (χ0n) is 18.4. The Kier molecular flexibility index (Phi) is 7.44. The lowest BCUT2D eigenvalue weighted by molar-refractivity contribution is -0.123. The van der Waals surface area contributed by atoms with E-state index < -0.39 is 29.9 Å². The highest BCUT2D eigenvalue weighted by molar-refractivity contribution is 7.18. The molecule has 0 aliphatic rings. The van der Waals surface area contributed by atoms with Crippen LogP contribution in [0.1, 0.15) is 56.7 Å². The lowest BCUT2D eigenvalue weighted by Crippen LogP contribution is -2.30. The lowest BCUT2D eigenvalue weighted by Gasteiger charge is -2.13. The fraction of sp³-hybridized carbons (Fsp3) is 0.318. The van der Waals surface area contributed by atoms with Crippen LogP contribution in [0.4, 0.5) is 5.00 Å². The van der Waals surface area contributed by atoms with Crippen LogP contribution >= 0.6 is 11.3 Å². The highest BCUT2D eigenvalue weighted by Crippen LogP contribution is 2.34. The highest BCUT2D eigenvalue weighted by atomic mass is 32.1. The van der Waals surface area contributed by atoms with Crippen molar-refractivity contribution in [2.75, 3.05) is 18.5 Å². The Hall–Kier alpha value is -3.73. The van der Waals surface area contributed by atoms with Crippen molar-refractivity contribution in [2.24, 2.45) is 0 Å². The van der Waals surface area contributed by atoms with Crippen molar-refractivity contribution in [1.82, 2.24) is 4.98 Å². The first kappa shape index (κ1) is 23.9. The standard InChI is InChI=1S/C22H22N2O8S/c1-5-29-21(27)16-11(3)17(22(28)30-6-2)33-19(16)24-18(25)12(4)32-20(26)13-7-8-14-15(9-13)31-10-23-14/h7-10,12H,5-6H2,1-4H3,(H,24,25). The van der Waals surface area contributed by atoms with E-state index in [1.165, 1.54) is 25.5 Å². The fourth-order valence-corrected chi connectivity index (χ4v) is 4.01. The van der Waals surface area contributed by atoms with Crippen LogP contribution in [0.2, 0.25) is 0 Å². The van der Waals surface area contributed by atoms with Crippen LogP contribution in [0.25, 0.3) is 11.1 Å². The Morgan fingerprint density at radius 3 is 2.48 bits per heavy atom. The van der Waals surface area contributed by atoms with Crippen LogP contribution in [0, 0.1) is 6.92 Å². The van der Waals surface area contributed by atoms with Crippen LogP contribution in [0.15, 0.2) is 29.0 Å². The quantitative estimate of drug-likeness (QED) is 0.383. The Morgan fingerprint density at radius 2 is 1.79 bits per heavy atom. The van der Waals surface area contributed by atoms with E-state index >= 15 is 0 Å². The molecule has 0 spiro atoms. The molecular weight excluding hydrogens is 452 g/mol. The summed E-state index contributed by atoms with van der Waals surface area (Å²) in [5, 5.41) is 2.66. The number of amides is 1. The van der Waals surface area contributed by atoms with Gasteiger partial charge in [-0.3, -0.25) is 4.79 Å². The van der Waals surface area contributed by atoms with E-state index in [0.29, 0.717) is 16.7 Å². The summed E-state index contributed by atoms with van der Waals surface area (Å²) in [6, 6.07) is 4.56. The van der Waals surface area contributed by atoms with Gasteiger partial charge in [-0.05, 0) is 51.5 Å². The molecule has 0 bridgehead atoms. The molecule has 3 aromatic rings. The number of hydrogen-bond acceptors (Lipinski definition) is 10. The molecule has 1 atom stereocenters. The molecule has 0 aliphatic heterocycles. The molecule has 33 heavy (non-hydrogen) atoms. The van der Waals surface area contributed by atoms with Crippen LogP contribution in [0.5, 0.6) is 0 Å². The molecule has 2 aromatic heterocycles. The second-order valence-corrected chi connectivity index (χ2v) is 7.79. The van der Waals surface area contributed by atoms with Gasteiger partial charge in [-0.2, -0.15) is 0 Å². The minimum Gasteiger partial charge on any atom is -0.462 e. The highest BCUT2D eigenvalue weighted by Gasteiger charge is 2.29. The van der Waals surface area contributed by atoms with Crippen molar-refractivity contribution in [1.29, 1.82) is 0 Å². The van der Waals surface area contributed by atoms with Gasteiger partial charge in [-0.15, -0.1) is 11.3 Å². The van der Waals surface area contributed by atoms with Crippen molar-refractivity contribution in [3.05, 3.63) is 46.2 Å². The zero-order valence-corrected chi connectivity index (χ0v) is 19.2. The van der Waals surface area contributed by atoms with Gasteiger partial charge < -0.3 is 23.9 Å². The van der Waals surface area contributed by atoms with Crippen molar-refractivity contribution < 1.29 is 37.8 Å². The minimum atomic E-state index is -1.20. The number of aromatic nitrogens is 1. The predicted octanol–water partition coefficient (Wildman–Crippen LogP) is 3.74. The maximum absolute atomic E-state index is 12.7. The molecule has 3 rings (SSSR count). The molecule has 10 nitrogen and oxygen atoms in total. The first-order chi connectivity index (χ1) is 15.8. The van der Waals surface area contributed by atoms with Crippen LogP contribution in [-0.2, 0) is 19.0 Å². The van der Waals surface area contributed by atoms with Gasteiger partial charge in [0.05, 0.1) is 24.3 Å². The number of rotatable bonds is 8. The van der Waals surface area contributed by atoms with Crippen LogP contribution < -0.4 is 5.32 Å². The number of carbonyl (C=O) groups excluding carboxylic acids is 4. The zero-order chi connectivity index (χ0) is 24.1. The largest absolute Gasteiger partial charge is 0.462 e. The average Bonchev–Trinajstić information content (AvgIpc) is 3.37. The number of oxazole rings is 1. The third-order valence-electron chi connectivity index (χ3n) is 4.54. The molecule has 11 heteroatoms. The molecule has 0 aliphatic carbocycles.